The molecule has 0 spiro atoms. The predicted molar refractivity (Wildman–Crippen MR) is 119 cm³/mol. The van der Waals surface area contributed by atoms with Gasteiger partial charge in [-0.25, -0.2) is 4.98 Å². The normalized spacial score (nSPS) is 13.0. The zero-order chi connectivity index (χ0) is 22.8. The number of ether oxygens (including phenoxy) is 1. The van der Waals surface area contributed by atoms with Crippen molar-refractivity contribution in [1.29, 1.82) is 0 Å². The lowest BCUT2D eigenvalue weighted by molar-refractivity contribution is -0.138. The van der Waals surface area contributed by atoms with E-state index in [1.807, 2.05) is 6.92 Å². The molecule has 1 heterocycles. The van der Waals surface area contributed by atoms with E-state index in [1.54, 1.807) is 43.3 Å². The molecule has 2 rings (SSSR count). The molecule has 10 heteroatoms. The molecule has 31 heavy (non-hydrogen) atoms. The van der Waals surface area contributed by atoms with Gasteiger partial charge in [-0.15, -0.1) is 10.2 Å². The number of carbonyl (C=O) groups excluding carboxylic acids is 2. The van der Waals surface area contributed by atoms with Crippen molar-refractivity contribution in [3.05, 3.63) is 36.4 Å². The molecule has 0 radical (unpaired) electrons. The maximum Gasteiger partial charge on any atom is 0.314 e. The lowest BCUT2D eigenvalue weighted by Crippen LogP contribution is -2.32. The van der Waals surface area contributed by atoms with Crippen LogP contribution in [0.25, 0.3) is 0 Å². The molecule has 0 fully saturated rings. The molecule has 0 aliphatic rings. The fourth-order valence-electron chi connectivity index (χ4n) is 2.52. The summed E-state index contributed by atoms with van der Waals surface area (Å²) in [5.41, 5.74) is 17.6. The molecule has 0 unspecified atom stereocenters. The Hall–Kier alpha value is -3.37. The van der Waals surface area contributed by atoms with Crippen molar-refractivity contribution >= 4 is 34.9 Å². The summed E-state index contributed by atoms with van der Waals surface area (Å²) in [4.78, 5) is 28.1. The van der Waals surface area contributed by atoms with Crippen LogP contribution in [0.5, 0.6) is 5.75 Å². The number of hydrogen-bond acceptors (Lipinski definition) is 9. The molecule has 0 saturated heterocycles. The number of azo groups is 1. The van der Waals surface area contributed by atoms with E-state index >= 15 is 0 Å². The zero-order valence-electron chi connectivity index (χ0n) is 17.7. The van der Waals surface area contributed by atoms with E-state index in [2.05, 4.69) is 20.5 Å². The summed E-state index contributed by atoms with van der Waals surface area (Å²) in [6, 6.07) is 9.25. The summed E-state index contributed by atoms with van der Waals surface area (Å²) < 4.78 is 5.51. The molecule has 10 nitrogen and oxygen atoms in total. The van der Waals surface area contributed by atoms with E-state index in [0.717, 1.165) is 12.8 Å². The van der Waals surface area contributed by atoms with Crippen molar-refractivity contribution in [2.75, 3.05) is 17.6 Å². The molecule has 0 aliphatic heterocycles. The van der Waals surface area contributed by atoms with Crippen LogP contribution < -0.4 is 27.3 Å². The predicted octanol–water partition coefficient (Wildman–Crippen LogP) is 3.04. The second-order valence-electron chi connectivity index (χ2n) is 7.15. The third-order valence-electron chi connectivity index (χ3n) is 4.40. The van der Waals surface area contributed by atoms with Gasteiger partial charge in [0.15, 0.2) is 11.6 Å². The third-order valence-corrected chi connectivity index (χ3v) is 4.40. The van der Waals surface area contributed by atoms with E-state index in [9.17, 15) is 9.59 Å². The van der Waals surface area contributed by atoms with Gasteiger partial charge in [0.1, 0.15) is 17.2 Å². The number of nitrogens with two attached hydrogens (primary N) is 3. The number of para-hydroxylation sites is 1. The van der Waals surface area contributed by atoms with E-state index in [-0.39, 0.29) is 29.4 Å². The van der Waals surface area contributed by atoms with Crippen molar-refractivity contribution in [1.82, 2.24) is 4.98 Å². The van der Waals surface area contributed by atoms with Gasteiger partial charge < -0.3 is 27.3 Å². The Morgan fingerprint density at radius 3 is 2.48 bits per heavy atom. The van der Waals surface area contributed by atoms with Gasteiger partial charge in [0.25, 0.3) is 0 Å². The number of aromatic nitrogens is 1. The highest BCUT2D eigenvalue weighted by Crippen LogP contribution is 2.31. The van der Waals surface area contributed by atoms with E-state index in [1.165, 1.54) is 0 Å². The zero-order valence-corrected chi connectivity index (χ0v) is 17.7. The van der Waals surface area contributed by atoms with Crippen LogP contribution in [0, 0.1) is 5.92 Å². The summed E-state index contributed by atoms with van der Waals surface area (Å²) >= 11 is 0. The van der Waals surface area contributed by atoms with Gasteiger partial charge in [0.05, 0.1) is 12.0 Å². The monoisotopic (exact) mass is 427 g/mol. The van der Waals surface area contributed by atoms with Crippen LogP contribution in [0.15, 0.2) is 46.6 Å². The Labute approximate surface area is 181 Å². The van der Waals surface area contributed by atoms with Crippen LogP contribution in [-0.4, -0.2) is 29.4 Å². The van der Waals surface area contributed by atoms with Gasteiger partial charge in [-0.2, -0.15) is 0 Å². The highest BCUT2D eigenvalue weighted by molar-refractivity contribution is 5.93. The third kappa shape index (κ3) is 7.43. The van der Waals surface area contributed by atoms with Crippen molar-refractivity contribution in [3.63, 3.8) is 0 Å². The molecule has 0 bridgehead atoms. The Kier molecular flexibility index (Phi) is 9.04. The number of pyridine rings is 1. The number of amides is 1. The Morgan fingerprint density at radius 1 is 1.10 bits per heavy atom. The summed E-state index contributed by atoms with van der Waals surface area (Å²) in [5, 5.41) is 10.8. The molecule has 1 amide bonds. The summed E-state index contributed by atoms with van der Waals surface area (Å²) in [6.45, 7) is 3.98. The fourth-order valence-corrected chi connectivity index (χ4v) is 2.52. The maximum atomic E-state index is 12.4. The molecular weight excluding hydrogens is 398 g/mol. The molecule has 2 aromatic rings. The molecule has 7 N–H and O–H groups in total. The Bertz CT molecular complexity index is 931. The first-order valence-corrected chi connectivity index (χ1v) is 10.1. The quantitative estimate of drug-likeness (QED) is 0.195. The second-order valence-corrected chi connectivity index (χ2v) is 7.15. The number of esters is 1. The molecule has 0 saturated carbocycles. The van der Waals surface area contributed by atoms with Crippen LogP contribution in [0.1, 0.15) is 33.1 Å². The van der Waals surface area contributed by atoms with Crippen LogP contribution >= 0.6 is 0 Å². The van der Waals surface area contributed by atoms with Crippen LogP contribution in [0.4, 0.5) is 23.0 Å². The molecule has 1 aromatic carbocycles. The van der Waals surface area contributed by atoms with Crippen LogP contribution in [0.3, 0.4) is 0 Å². The van der Waals surface area contributed by atoms with Crippen molar-refractivity contribution in [2.45, 2.75) is 39.2 Å². The Morgan fingerprint density at radius 2 is 1.81 bits per heavy atom. The van der Waals surface area contributed by atoms with Gasteiger partial charge in [0.2, 0.25) is 5.91 Å². The SMILES string of the molecule is C[C@H](N)C(=O)Nc1ccc(N=Nc2ccccc2OC(=O)[C@@H](C)CCCCN)c(N)n1. The summed E-state index contributed by atoms with van der Waals surface area (Å²) in [7, 11) is 0. The lowest BCUT2D eigenvalue weighted by atomic mass is 10.0. The minimum Gasteiger partial charge on any atom is -0.424 e. The first-order chi connectivity index (χ1) is 14.8. The summed E-state index contributed by atoms with van der Waals surface area (Å²) in [6.07, 6.45) is 2.43. The van der Waals surface area contributed by atoms with Crippen molar-refractivity contribution < 1.29 is 14.3 Å². The molecule has 1 aromatic heterocycles. The Balaban J connectivity index is 2.10. The summed E-state index contributed by atoms with van der Waals surface area (Å²) in [5.74, 6) is -0.333. The second kappa shape index (κ2) is 11.7. The van der Waals surface area contributed by atoms with Gasteiger partial charge >= 0.3 is 5.97 Å². The van der Waals surface area contributed by atoms with Gasteiger partial charge in [-0.3, -0.25) is 9.59 Å². The molecule has 0 aliphatic carbocycles. The number of nitrogens with zero attached hydrogens (tertiary/aromatic N) is 3. The van der Waals surface area contributed by atoms with Gasteiger partial charge in [-0.1, -0.05) is 25.5 Å². The van der Waals surface area contributed by atoms with Crippen molar-refractivity contribution in [2.24, 2.45) is 27.6 Å². The number of hydrogen-bond donors (Lipinski definition) is 4. The number of nitrogen functional groups attached to an aromatic ring is 1. The molecular formula is C21H29N7O3. The first-order valence-electron chi connectivity index (χ1n) is 10.1. The standard InChI is InChI=1S/C21H29N7O3/c1-13(7-5-6-12-22)21(30)31-17-9-4-3-8-15(17)27-28-16-10-11-18(25-19(16)24)26-20(29)14(2)23/h3-4,8-11,13-14H,5-7,12,22-23H2,1-2H3,(H3,24,25,26,29)/t13-,14-/m0/s1. The van der Waals surface area contributed by atoms with Crippen molar-refractivity contribution in [3.8, 4) is 5.75 Å². The van der Waals surface area contributed by atoms with Gasteiger partial charge in [-0.05, 0) is 50.6 Å². The highest BCUT2D eigenvalue weighted by atomic mass is 16.5. The van der Waals surface area contributed by atoms with E-state index in [4.69, 9.17) is 21.9 Å². The van der Waals surface area contributed by atoms with Crippen LogP contribution in [-0.2, 0) is 9.59 Å². The minimum absolute atomic E-state index is 0.0780. The number of anilines is 2. The smallest absolute Gasteiger partial charge is 0.314 e. The number of unbranched alkanes of at least 4 members (excludes halogenated alkanes) is 1. The highest BCUT2D eigenvalue weighted by Gasteiger charge is 2.17. The number of benzene rings is 1. The average Bonchev–Trinajstić information content (AvgIpc) is 2.74. The van der Waals surface area contributed by atoms with Crippen LogP contribution in [0.2, 0.25) is 0 Å². The number of rotatable bonds is 10. The molecule has 166 valence electrons. The van der Waals surface area contributed by atoms with E-state index < -0.39 is 6.04 Å². The largest absolute Gasteiger partial charge is 0.424 e. The number of nitrogens with one attached hydrogen (secondary N) is 1. The average molecular weight is 428 g/mol. The fraction of sp³-hybridized carbons (Fsp3) is 0.381. The number of carbonyl (C=O) groups is 2. The molecule has 2 atom stereocenters. The first kappa shape index (κ1) is 23.9. The topological polar surface area (TPSA) is 171 Å². The maximum absolute atomic E-state index is 12.4. The van der Waals surface area contributed by atoms with E-state index in [0.29, 0.717) is 30.1 Å². The lowest BCUT2D eigenvalue weighted by Gasteiger charge is -2.12. The van der Waals surface area contributed by atoms with Gasteiger partial charge in [0, 0.05) is 0 Å². The minimum atomic E-state index is -0.676.